The predicted molar refractivity (Wildman–Crippen MR) is 104 cm³/mol. The molecule has 1 aliphatic rings. The maximum atomic E-state index is 12.7. The molecule has 0 saturated heterocycles. The summed E-state index contributed by atoms with van der Waals surface area (Å²) in [5, 5.41) is 3.31. The van der Waals surface area contributed by atoms with Gasteiger partial charge < -0.3 is 15.2 Å². The summed E-state index contributed by atoms with van der Waals surface area (Å²) in [5.41, 5.74) is 2.55. The van der Waals surface area contributed by atoms with Gasteiger partial charge in [0.15, 0.2) is 0 Å². The molecule has 0 aliphatic carbocycles. The Hall–Kier alpha value is -3.41. The van der Waals surface area contributed by atoms with Crippen molar-refractivity contribution < 1.29 is 9.59 Å². The van der Waals surface area contributed by atoms with Crippen LogP contribution in [0, 0.1) is 0 Å². The zero-order chi connectivity index (χ0) is 18.8. The first kappa shape index (κ1) is 17.0. The molecule has 3 aromatic rings. The van der Waals surface area contributed by atoms with Crippen molar-refractivity contribution in [2.75, 3.05) is 18.0 Å². The molecule has 6 heteroatoms. The third kappa shape index (κ3) is 3.33. The van der Waals surface area contributed by atoms with Crippen molar-refractivity contribution in [2.24, 2.45) is 0 Å². The third-order valence-corrected chi connectivity index (χ3v) is 4.81. The van der Waals surface area contributed by atoms with Gasteiger partial charge in [0.05, 0.1) is 12.1 Å². The first-order valence-corrected chi connectivity index (χ1v) is 8.92. The lowest BCUT2D eigenvalue weighted by molar-refractivity contribution is -0.117. The van der Waals surface area contributed by atoms with E-state index in [1.165, 1.54) is 6.07 Å². The van der Waals surface area contributed by atoms with E-state index in [2.05, 4.69) is 10.3 Å². The molecule has 0 fully saturated rings. The number of pyridine rings is 1. The molecule has 0 unspecified atom stereocenters. The Morgan fingerprint density at radius 2 is 1.85 bits per heavy atom. The van der Waals surface area contributed by atoms with Gasteiger partial charge in [-0.25, -0.2) is 0 Å². The molecule has 6 nitrogen and oxygen atoms in total. The van der Waals surface area contributed by atoms with Gasteiger partial charge in [0, 0.05) is 29.2 Å². The number of carbonyl (C=O) groups is 2. The fourth-order valence-electron chi connectivity index (χ4n) is 3.53. The maximum absolute atomic E-state index is 12.7. The fourth-order valence-corrected chi connectivity index (χ4v) is 3.53. The van der Waals surface area contributed by atoms with Gasteiger partial charge in [-0.2, -0.15) is 0 Å². The highest BCUT2D eigenvalue weighted by atomic mass is 16.2. The number of fused-ring (bicyclic) bond motifs is 2. The zero-order valence-electron chi connectivity index (χ0n) is 14.7. The standard InChI is InChI=1S/C21H19N3O3/c25-19-12-16(15-8-2-3-9-17(15)23-19)21(27)22-13-20(26)24-11-5-7-14-6-1-4-10-18(14)24/h1-4,6,8-10,12H,5,7,11,13H2,(H,22,27)(H,23,25). The molecule has 2 heterocycles. The molecule has 4 rings (SSSR count). The Balaban J connectivity index is 1.52. The highest BCUT2D eigenvalue weighted by Gasteiger charge is 2.22. The maximum Gasteiger partial charge on any atom is 0.252 e. The smallest absolute Gasteiger partial charge is 0.252 e. The molecule has 2 N–H and O–H groups in total. The molecule has 27 heavy (non-hydrogen) atoms. The van der Waals surface area contributed by atoms with E-state index in [1.807, 2.05) is 24.3 Å². The monoisotopic (exact) mass is 361 g/mol. The van der Waals surface area contributed by atoms with Crippen LogP contribution in [0.1, 0.15) is 22.3 Å². The number of para-hydroxylation sites is 2. The number of carbonyl (C=O) groups excluding carboxylic acids is 2. The van der Waals surface area contributed by atoms with Gasteiger partial charge in [-0.15, -0.1) is 0 Å². The van der Waals surface area contributed by atoms with Crippen molar-refractivity contribution in [1.82, 2.24) is 10.3 Å². The van der Waals surface area contributed by atoms with Crippen LogP contribution in [0.3, 0.4) is 0 Å². The second kappa shape index (κ2) is 7.07. The number of rotatable bonds is 3. The summed E-state index contributed by atoms with van der Waals surface area (Å²) in [6, 6.07) is 16.2. The number of anilines is 1. The number of nitrogens with zero attached hydrogens (tertiary/aromatic N) is 1. The van der Waals surface area contributed by atoms with E-state index in [-0.39, 0.29) is 23.6 Å². The molecule has 0 bridgehead atoms. The van der Waals surface area contributed by atoms with Crippen LogP contribution in [-0.2, 0) is 11.2 Å². The highest BCUT2D eigenvalue weighted by molar-refractivity contribution is 6.07. The van der Waals surface area contributed by atoms with Crippen molar-refractivity contribution in [2.45, 2.75) is 12.8 Å². The topological polar surface area (TPSA) is 82.3 Å². The second-order valence-corrected chi connectivity index (χ2v) is 6.55. The lowest BCUT2D eigenvalue weighted by Crippen LogP contribution is -2.42. The summed E-state index contributed by atoms with van der Waals surface area (Å²) in [6.45, 7) is 0.522. The van der Waals surface area contributed by atoms with Gasteiger partial charge >= 0.3 is 0 Å². The Labute approximate surface area is 155 Å². The summed E-state index contributed by atoms with van der Waals surface area (Å²) in [7, 11) is 0. The summed E-state index contributed by atoms with van der Waals surface area (Å²) in [5.74, 6) is -0.597. The van der Waals surface area contributed by atoms with Crippen LogP contribution >= 0.6 is 0 Å². The lowest BCUT2D eigenvalue weighted by atomic mass is 10.0. The van der Waals surface area contributed by atoms with Gasteiger partial charge in [0.1, 0.15) is 0 Å². The number of amides is 2. The van der Waals surface area contributed by atoms with E-state index in [9.17, 15) is 14.4 Å². The molecule has 0 atom stereocenters. The van der Waals surface area contributed by atoms with E-state index >= 15 is 0 Å². The SMILES string of the molecule is O=C(NCC(=O)N1CCCc2ccccc21)c1cc(=O)[nH]c2ccccc12. The van der Waals surface area contributed by atoms with Crippen LogP contribution in [0.25, 0.3) is 10.9 Å². The number of hydrogen-bond donors (Lipinski definition) is 2. The van der Waals surface area contributed by atoms with Gasteiger partial charge in [-0.1, -0.05) is 36.4 Å². The number of aromatic nitrogens is 1. The molecule has 136 valence electrons. The van der Waals surface area contributed by atoms with Crippen LogP contribution in [0.4, 0.5) is 5.69 Å². The van der Waals surface area contributed by atoms with Crippen LogP contribution in [0.15, 0.2) is 59.4 Å². The number of aryl methyl sites for hydroxylation is 1. The average Bonchev–Trinajstić information content (AvgIpc) is 2.70. The van der Waals surface area contributed by atoms with Crippen molar-refractivity contribution in [3.05, 3.63) is 76.1 Å². The number of benzene rings is 2. The quantitative estimate of drug-likeness (QED) is 0.751. The molecule has 2 amide bonds. The van der Waals surface area contributed by atoms with Crippen LogP contribution in [0.2, 0.25) is 0 Å². The second-order valence-electron chi connectivity index (χ2n) is 6.55. The van der Waals surface area contributed by atoms with E-state index in [0.29, 0.717) is 17.4 Å². The molecule has 0 radical (unpaired) electrons. The lowest BCUT2D eigenvalue weighted by Gasteiger charge is -2.29. The normalized spacial score (nSPS) is 13.3. The van der Waals surface area contributed by atoms with Gasteiger partial charge in [-0.05, 0) is 30.5 Å². The highest BCUT2D eigenvalue weighted by Crippen LogP contribution is 2.26. The Kier molecular flexibility index (Phi) is 4.46. The van der Waals surface area contributed by atoms with Crippen LogP contribution in [-0.4, -0.2) is 29.9 Å². The minimum atomic E-state index is -0.434. The number of aromatic amines is 1. The Morgan fingerprint density at radius 1 is 1.07 bits per heavy atom. The van der Waals surface area contributed by atoms with E-state index < -0.39 is 5.91 Å². The summed E-state index contributed by atoms with van der Waals surface area (Å²) in [4.78, 5) is 41.5. The van der Waals surface area contributed by atoms with E-state index in [4.69, 9.17) is 0 Å². The van der Waals surface area contributed by atoms with Crippen molar-refractivity contribution >= 4 is 28.4 Å². The zero-order valence-corrected chi connectivity index (χ0v) is 14.7. The summed E-state index contributed by atoms with van der Waals surface area (Å²) >= 11 is 0. The molecule has 1 aliphatic heterocycles. The molecule has 0 spiro atoms. The third-order valence-electron chi connectivity index (χ3n) is 4.81. The van der Waals surface area contributed by atoms with Gasteiger partial charge in [0.2, 0.25) is 11.5 Å². The molecule has 1 aromatic heterocycles. The minimum absolute atomic E-state index is 0.117. The van der Waals surface area contributed by atoms with E-state index in [0.717, 1.165) is 24.1 Å². The fraction of sp³-hybridized carbons (Fsp3) is 0.190. The minimum Gasteiger partial charge on any atom is -0.343 e. The van der Waals surface area contributed by atoms with E-state index in [1.54, 1.807) is 29.2 Å². The van der Waals surface area contributed by atoms with Crippen molar-refractivity contribution in [1.29, 1.82) is 0 Å². The summed E-state index contributed by atoms with van der Waals surface area (Å²) < 4.78 is 0. The van der Waals surface area contributed by atoms with Crippen LogP contribution < -0.4 is 15.8 Å². The molecular formula is C21H19N3O3. The first-order valence-electron chi connectivity index (χ1n) is 8.92. The predicted octanol–water partition coefficient (Wildman–Crippen LogP) is 2.24. The van der Waals surface area contributed by atoms with Gasteiger partial charge in [-0.3, -0.25) is 14.4 Å². The average molecular weight is 361 g/mol. The first-order chi connectivity index (χ1) is 13.1. The Morgan fingerprint density at radius 3 is 2.74 bits per heavy atom. The largest absolute Gasteiger partial charge is 0.343 e. The number of nitrogens with one attached hydrogen (secondary N) is 2. The van der Waals surface area contributed by atoms with Gasteiger partial charge in [0.25, 0.3) is 5.91 Å². The number of H-pyrrole nitrogens is 1. The summed E-state index contributed by atoms with van der Waals surface area (Å²) in [6.07, 6.45) is 1.85. The molecule has 0 saturated carbocycles. The molecule has 2 aromatic carbocycles. The Bertz CT molecular complexity index is 1090. The van der Waals surface area contributed by atoms with Crippen molar-refractivity contribution in [3.8, 4) is 0 Å². The number of hydrogen-bond acceptors (Lipinski definition) is 3. The molecular weight excluding hydrogens is 342 g/mol. The van der Waals surface area contributed by atoms with Crippen molar-refractivity contribution in [3.63, 3.8) is 0 Å². The van der Waals surface area contributed by atoms with Crippen LogP contribution in [0.5, 0.6) is 0 Å².